The van der Waals surface area contributed by atoms with Gasteiger partial charge < -0.3 is 5.32 Å². The van der Waals surface area contributed by atoms with Crippen molar-refractivity contribution >= 4 is 22.4 Å². The molecule has 0 radical (unpaired) electrons. The Morgan fingerprint density at radius 1 is 1.61 bits per heavy atom. The van der Waals surface area contributed by atoms with Crippen LogP contribution in [0, 0.1) is 6.92 Å². The third-order valence-electron chi connectivity index (χ3n) is 2.76. The van der Waals surface area contributed by atoms with E-state index in [0.717, 1.165) is 17.0 Å². The van der Waals surface area contributed by atoms with Gasteiger partial charge in [-0.2, -0.15) is 5.10 Å². The lowest BCUT2D eigenvalue weighted by Crippen LogP contribution is -2.23. The molecule has 2 aromatic heterocycles. The normalized spacial score (nSPS) is 12.4. The molecule has 18 heavy (non-hydrogen) atoms. The number of thiazole rings is 1. The third kappa shape index (κ3) is 2.59. The number of carbonyl (C=O) groups excluding carboxylic acids is 1. The lowest BCUT2D eigenvalue weighted by molar-refractivity contribution is -0.119. The van der Waals surface area contributed by atoms with Crippen LogP contribution in [0.4, 0.5) is 5.13 Å². The van der Waals surface area contributed by atoms with Gasteiger partial charge in [0.1, 0.15) is 6.04 Å². The van der Waals surface area contributed by atoms with E-state index >= 15 is 0 Å². The Morgan fingerprint density at radius 2 is 2.39 bits per heavy atom. The van der Waals surface area contributed by atoms with Crippen LogP contribution < -0.4 is 5.32 Å². The quantitative estimate of drug-likeness (QED) is 0.922. The highest BCUT2D eigenvalue weighted by atomic mass is 32.1. The third-order valence-corrected chi connectivity index (χ3v) is 3.69. The van der Waals surface area contributed by atoms with Gasteiger partial charge in [0.15, 0.2) is 5.13 Å². The summed E-state index contributed by atoms with van der Waals surface area (Å²) in [5, 5.41) is 7.55. The van der Waals surface area contributed by atoms with Crippen LogP contribution in [0.15, 0.2) is 18.5 Å². The summed E-state index contributed by atoms with van der Waals surface area (Å²) in [4.78, 5) is 17.6. The van der Waals surface area contributed by atoms with Crippen LogP contribution in [0.1, 0.15) is 30.5 Å². The van der Waals surface area contributed by atoms with E-state index in [-0.39, 0.29) is 11.9 Å². The minimum Gasteiger partial charge on any atom is -0.300 e. The van der Waals surface area contributed by atoms with Crippen molar-refractivity contribution in [2.24, 2.45) is 0 Å². The molecule has 0 unspecified atom stereocenters. The molecule has 0 bridgehead atoms. The molecule has 0 aliphatic rings. The maximum atomic E-state index is 12.0. The second kappa shape index (κ2) is 5.30. The highest BCUT2D eigenvalue weighted by Crippen LogP contribution is 2.23. The van der Waals surface area contributed by atoms with Crippen molar-refractivity contribution in [2.75, 3.05) is 5.32 Å². The summed E-state index contributed by atoms with van der Waals surface area (Å²) in [5.41, 5.74) is 1.04. The minimum atomic E-state index is -0.339. The molecule has 2 aromatic rings. The summed E-state index contributed by atoms with van der Waals surface area (Å²) < 4.78 is 1.62. The Balaban J connectivity index is 2.07. The van der Waals surface area contributed by atoms with Crippen LogP contribution in [-0.4, -0.2) is 20.7 Å². The van der Waals surface area contributed by atoms with E-state index in [9.17, 15) is 4.79 Å². The van der Waals surface area contributed by atoms with E-state index < -0.39 is 0 Å². The average molecular weight is 264 g/mol. The Labute approximate surface area is 110 Å². The van der Waals surface area contributed by atoms with Crippen LogP contribution in [-0.2, 0) is 11.2 Å². The summed E-state index contributed by atoms with van der Waals surface area (Å²) in [5.74, 6) is -0.102. The molecule has 0 aliphatic carbocycles. The lowest BCUT2D eigenvalue weighted by Gasteiger charge is -2.10. The van der Waals surface area contributed by atoms with Crippen LogP contribution in [0.25, 0.3) is 0 Å². The minimum absolute atomic E-state index is 0.102. The zero-order valence-corrected chi connectivity index (χ0v) is 11.5. The highest BCUT2D eigenvalue weighted by molar-refractivity contribution is 7.15. The monoisotopic (exact) mass is 264 g/mol. The van der Waals surface area contributed by atoms with Crippen molar-refractivity contribution in [3.63, 3.8) is 0 Å². The van der Waals surface area contributed by atoms with Gasteiger partial charge in [0.25, 0.3) is 5.91 Å². The standard InChI is InChI=1S/C12H16N4OS/c1-4-10-9(3)18-12(14-10)15-11(17)8(2)16-7-5-6-13-16/h5-8H,4H2,1-3H3,(H,14,15,17)/t8-/m1/s1. The van der Waals surface area contributed by atoms with Crippen LogP contribution in [0.3, 0.4) is 0 Å². The molecule has 2 heterocycles. The predicted octanol–water partition coefficient (Wildman–Crippen LogP) is 2.41. The number of hydrogen-bond donors (Lipinski definition) is 1. The first-order valence-electron chi connectivity index (χ1n) is 5.88. The molecule has 6 heteroatoms. The number of hydrogen-bond acceptors (Lipinski definition) is 4. The molecule has 0 aliphatic heterocycles. The highest BCUT2D eigenvalue weighted by Gasteiger charge is 2.17. The number of amides is 1. The summed E-state index contributed by atoms with van der Waals surface area (Å²) >= 11 is 1.51. The molecule has 0 saturated carbocycles. The smallest absolute Gasteiger partial charge is 0.250 e. The molecule has 1 amide bonds. The summed E-state index contributed by atoms with van der Waals surface area (Å²) in [6.45, 7) is 5.88. The zero-order valence-electron chi connectivity index (χ0n) is 10.7. The molecule has 5 nitrogen and oxygen atoms in total. The first-order valence-corrected chi connectivity index (χ1v) is 6.69. The van der Waals surface area contributed by atoms with Crippen molar-refractivity contribution in [2.45, 2.75) is 33.2 Å². The Bertz CT molecular complexity index is 532. The molecule has 0 saturated heterocycles. The van der Waals surface area contributed by atoms with E-state index in [1.54, 1.807) is 23.1 Å². The van der Waals surface area contributed by atoms with Crippen molar-refractivity contribution in [3.8, 4) is 0 Å². The largest absolute Gasteiger partial charge is 0.300 e. The van der Waals surface area contributed by atoms with Crippen LogP contribution >= 0.6 is 11.3 Å². The van der Waals surface area contributed by atoms with Gasteiger partial charge in [-0.15, -0.1) is 11.3 Å². The lowest BCUT2D eigenvalue weighted by atomic mass is 10.3. The number of carbonyl (C=O) groups is 1. The van der Waals surface area contributed by atoms with E-state index in [0.29, 0.717) is 5.13 Å². The van der Waals surface area contributed by atoms with Gasteiger partial charge in [-0.3, -0.25) is 9.48 Å². The van der Waals surface area contributed by atoms with E-state index in [4.69, 9.17) is 0 Å². The fourth-order valence-corrected chi connectivity index (χ4v) is 2.55. The van der Waals surface area contributed by atoms with Gasteiger partial charge >= 0.3 is 0 Å². The number of aromatic nitrogens is 3. The topological polar surface area (TPSA) is 59.8 Å². The molecule has 96 valence electrons. The molecule has 0 spiro atoms. The first-order chi connectivity index (χ1) is 8.61. The van der Waals surface area contributed by atoms with Gasteiger partial charge in [0.2, 0.25) is 0 Å². The summed E-state index contributed by atoms with van der Waals surface area (Å²) in [6.07, 6.45) is 4.31. The van der Waals surface area contributed by atoms with Gasteiger partial charge in [-0.1, -0.05) is 6.92 Å². The Morgan fingerprint density at radius 3 is 2.94 bits per heavy atom. The zero-order chi connectivity index (χ0) is 13.1. The van der Waals surface area contributed by atoms with Gasteiger partial charge in [0, 0.05) is 17.3 Å². The van der Waals surface area contributed by atoms with E-state index in [1.165, 1.54) is 11.3 Å². The van der Waals surface area contributed by atoms with Crippen molar-refractivity contribution < 1.29 is 4.79 Å². The maximum Gasteiger partial charge on any atom is 0.250 e. The number of anilines is 1. The Kier molecular flexibility index (Phi) is 3.76. The number of aryl methyl sites for hydroxylation is 2. The summed E-state index contributed by atoms with van der Waals surface area (Å²) in [7, 11) is 0. The molecule has 1 atom stereocenters. The maximum absolute atomic E-state index is 12.0. The molecule has 2 rings (SSSR count). The Hall–Kier alpha value is -1.69. The number of rotatable bonds is 4. The van der Waals surface area contributed by atoms with Crippen molar-refractivity contribution in [3.05, 3.63) is 29.0 Å². The molecule has 0 fully saturated rings. The fraction of sp³-hybridized carbons (Fsp3) is 0.417. The average Bonchev–Trinajstić information content (AvgIpc) is 2.97. The molecule has 0 aromatic carbocycles. The first kappa shape index (κ1) is 12.8. The van der Waals surface area contributed by atoms with Gasteiger partial charge in [-0.05, 0) is 26.3 Å². The molecular formula is C12H16N4OS. The van der Waals surface area contributed by atoms with E-state index in [2.05, 4.69) is 22.3 Å². The number of nitrogens with zero attached hydrogens (tertiary/aromatic N) is 3. The second-order valence-electron chi connectivity index (χ2n) is 4.03. The van der Waals surface area contributed by atoms with Crippen molar-refractivity contribution in [1.82, 2.24) is 14.8 Å². The van der Waals surface area contributed by atoms with Crippen LogP contribution in [0.5, 0.6) is 0 Å². The SMILES string of the molecule is CCc1nc(NC(=O)[C@@H](C)n2cccn2)sc1C. The molecular weight excluding hydrogens is 248 g/mol. The second-order valence-corrected chi connectivity index (χ2v) is 5.23. The van der Waals surface area contributed by atoms with Crippen molar-refractivity contribution in [1.29, 1.82) is 0 Å². The van der Waals surface area contributed by atoms with Gasteiger partial charge in [0.05, 0.1) is 5.69 Å². The number of nitrogens with one attached hydrogen (secondary N) is 1. The molecule has 1 N–H and O–H groups in total. The predicted molar refractivity (Wildman–Crippen MR) is 71.8 cm³/mol. The van der Waals surface area contributed by atoms with E-state index in [1.807, 2.05) is 13.8 Å². The fourth-order valence-electron chi connectivity index (χ4n) is 1.65. The van der Waals surface area contributed by atoms with Crippen LogP contribution in [0.2, 0.25) is 0 Å². The van der Waals surface area contributed by atoms with Gasteiger partial charge in [-0.25, -0.2) is 4.98 Å². The summed E-state index contributed by atoms with van der Waals surface area (Å²) in [6, 6.07) is 1.46.